The van der Waals surface area contributed by atoms with Crippen LogP contribution in [0, 0.1) is 11.8 Å². The molecule has 458 valence electrons. The average molecular weight is 1180 g/mol. The quantitative estimate of drug-likeness (QED) is 0.0228. The van der Waals surface area contributed by atoms with Gasteiger partial charge in [-0.25, -0.2) is 4.98 Å². The maximum Gasteiger partial charge on any atom is 0.322 e. The van der Waals surface area contributed by atoms with E-state index in [0.717, 1.165) is 0 Å². The number of hydrogen-bond donors (Lipinski definition) is 15. The first-order valence-corrected chi connectivity index (χ1v) is 28.2. The van der Waals surface area contributed by atoms with Crippen molar-refractivity contribution >= 4 is 86.8 Å². The van der Waals surface area contributed by atoms with E-state index in [1.165, 1.54) is 17.4 Å². The topological polar surface area (TPSA) is 440 Å². The van der Waals surface area contributed by atoms with Crippen molar-refractivity contribution in [3.8, 4) is 0 Å². The van der Waals surface area contributed by atoms with E-state index in [4.69, 9.17) is 16.6 Å². The molecule has 0 spiro atoms. The number of aliphatic carboxylic acids is 1. The van der Waals surface area contributed by atoms with Gasteiger partial charge >= 0.3 is 5.97 Å². The predicted molar refractivity (Wildman–Crippen MR) is 309 cm³/mol. The van der Waals surface area contributed by atoms with Gasteiger partial charge in [0.1, 0.15) is 48.8 Å². The Kier molecular flexibility index (Phi) is 23.6. The Labute approximate surface area is 489 Å². The summed E-state index contributed by atoms with van der Waals surface area (Å²) in [7, 11) is 0. The zero-order valence-corrected chi connectivity index (χ0v) is 47.8. The number of H-pyrrole nitrogens is 3. The van der Waals surface area contributed by atoms with Crippen molar-refractivity contribution < 1.29 is 63.0 Å². The first-order valence-electron chi connectivity index (χ1n) is 28.2. The highest BCUT2D eigenvalue weighted by Gasteiger charge is 2.40. The first-order chi connectivity index (χ1) is 40.6. The number of benzene rings is 2. The fraction of sp³-hybridized carbons (Fsp3) is 0.474. The molecule has 9 atom stereocenters. The number of fused-ring (bicyclic) bond motifs is 2. The van der Waals surface area contributed by atoms with Crippen LogP contribution < -0.4 is 54.0 Å². The minimum absolute atomic E-state index is 0.113. The van der Waals surface area contributed by atoms with E-state index < -0.39 is 139 Å². The summed E-state index contributed by atoms with van der Waals surface area (Å²) >= 11 is 0. The second-order valence-corrected chi connectivity index (χ2v) is 21.6. The molecule has 0 radical (unpaired) electrons. The van der Waals surface area contributed by atoms with E-state index in [2.05, 4.69) is 62.5 Å². The number of carboxylic acid groups (broad SMARTS) is 1. The minimum atomic E-state index is -1.74. The highest BCUT2D eigenvalue weighted by molar-refractivity contribution is 5.99. The largest absolute Gasteiger partial charge is 0.480 e. The fourth-order valence-electron chi connectivity index (χ4n) is 9.96. The summed E-state index contributed by atoms with van der Waals surface area (Å²) in [5.74, 6) is -9.76. The monoisotopic (exact) mass is 1180 g/mol. The Balaban J connectivity index is 1.19. The van der Waals surface area contributed by atoms with Crippen LogP contribution in [0.4, 0.5) is 0 Å². The van der Waals surface area contributed by atoms with E-state index in [-0.39, 0.29) is 57.4 Å². The van der Waals surface area contributed by atoms with Crippen LogP contribution in [0.2, 0.25) is 0 Å². The number of primary amides is 1. The summed E-state index contributed by atoms with van der Waals surface area (Å²) in [6.07, 6.45) is 6.55. The normalized spacial score (nSPS) is 15.9. The van der Waals surface area contributed by atoms with Gasteiger partial charge in [0.15, 0.2) is 0 Å². The van der Waals surface area contributed by atoms with Crippen LogP contribution in [-0.2, 0) is 72.0 Å². The molecule has 2 aromatic carbocycles. The van der Waals surface area contributed by atoms with Gasteiger partial charge in [-0.2, -0.15) is 0 Å². The Hall–Kier alpha value is -9.18. The molecule has 1 aliphatic heterocycles. The summed E-state index contributed by atoms with van der Waals surface area (Å²) in [6.45, 7) is 5.04. The molecule has 28 heteroatoms. The molecule has 3 aromatic heterocycles. The van der Waals surface area contributed by atoms with Crippen LogP contribution in [0.3, 0.4) is 0 Å². The third-order valence-corrected chi connectivity index (χ3v) is 14.7. The Morgan fingerprint density at radius 1 is 0.682 bits per heavy atom. The van der Waals surface area contributed by atoms with Crippen LogP contribution in [0.25, 0.3) is 21.8 Å². The van der Waals surface area contributed by atoms with Crippen LogP contribution in [-0.4, -0.2) is 175 Å². The number of imidazole rings is 1. The lowest BCUT2D eigenvalue weighted by Crippen LogP contribution is -2.60. The molecular formula is C57H77N15O13. The zero-order chi connectivity index (χ0) is 61.9. The van der Waals surface area contributed by atoms with Crippen molar-refractivity contribution in [2.24, 2.45) is 23.3 Å². The molecule has 5 aromatic rings. The number of amides is 10. The van der Waals surface area contributed by atoms with Crippen molar-refractivity contribution in [1.29, 1.82) is 0 Å². The Bertz CT molecular complexity index is 3180. The lowest BCUT2D eigenvalue weighted by atomic mass is 9.96. The van der Waals surface area contributed by atoms with Crippen LogP contribution in [0.15, 0.2) is 73.4 Å². The summed E-state index contributed by atoms with van der Waals surface area (Å²) < 4.78 is 0. The number of nitrogens with one attached hydrogen (secondary N) is 11. The minimum Gasteiger partial charge on any atom is -0.480 e. The molecule has 0 aliphatic carbocycles. The average Bonchev–Trinajstić information content (AvgIpc) is 3.95. The summed E-state index contributed by atoms with van der Waals surface area (Å²) in [6, 6.07) is 3.73. The number of aromatic amines is 3. The highest BCUT2D eigenvalue weighted by atomic mass is 16.4. The lowest BCUT2D eigenvalue weighted by molar-refractivity contribution is -0.143. The number of hydrogen-bond acceptors (Lipinski definition) is 14. The summed E-state index contributed by atoms with van der Waals surface area (Å²) in [5.41, 5.74) is 14.3. The van der Waals surface area contributed by atoms with Crippen LogP contribution in [0.5, 0.6) is 0 Å². The van der Waals surface area contributed by atoms with E-state index in [0.29, 0.717) is 51.5 Å². The number of carbonyl (C=O) groups is 11. The lowest BCUT2D eigenvalue weighted by Gasteiger charge is -2.31. The van der Waals surface area contributed by atoms with Gasteiger partial charge in [-0.15, -0.1) is 0 Å². The molecular weight excluding hydrogens is 1100 g/mol. The molecule has 17 N–H and O–H groups in total. The number of nitrogens with two attached hydrogens (primary N) is 2. The summed E-state index contributed by atoms with van der Waals surface area (Å²) in [4.78, 5) is 163. The van der Waals surface area contributed by atoms with Crippen molar-refractivity contribution in [1.82, 2.24) is 67.4 Å². The molecule has 10 amide bonds. The van der Waals surface area contributed by atoms with Gasteiger partial charge in [-0.05, 0) is 60.8 Å². The number of likely N-dealkylation sites (tertiary alicyclic amines) is 1. The zero-order valence-electron chi connectivity index (χ0n) is 47.8. The number of aromatic nitrogens is 4. The van der Waals surface area contributed by atoms with Crippen molar-refractivity contribution in [3.63, 3.8) is 0 Å². The second-order valence-electron chi connectivity index (χ2n) is 21.6. The number of para-hydroxylation sites is 2. The number of rotatable bonds is 32. The number of aliphatic hydroxyl groups is 1. The van der Waals surface area contributed by atoms with Gasteiger partial charge in [0.25, 0.3) is 0 Å². The molecule has 1 aliphatic rings. The van der Waals surface area contributed by atoms with Gasteiger partial charge in [0.05, 0.1) is 25.5 Å². The van der Waals surface area contributed by atoms with Gasteiger partial charge in [-0.1, -0.05) is 70.5 Å². The number of carbonyl (C=O) groups excluding carboxylic acids is 10. The third kappa shape index (κ3) is 18.4. The Morgan fingerprint density at radius 2 is 1.24 bits per heavy atom. The van der Waals surface area contributed by atoms with Crippen molar-refractivity contribution in [3.05, 3.63) is 90.3 Å². The van der Waals surface area contributed by atoms with Crippen LogP contribution >= 0.6 is 0 Å². The number of carboxylic acids is 1. The van der Waals surface area contributed by atoms with Gasteiger partial charge in [0.2, 0.25) is 59.1 Å². The third-order valence-electron chi connectivity index (χ3n) is 14.7. The van der Waals surface area contributed by atoms with E-state index >= 15 is 0 Å². The van der Waals surface area contributed by atoms with E-state index in [1.807, 2.05) is 13.8 Å². The maximum atomic E-state index is 14.5. The molecule has 85 heavy (non-hydrogen) atoms. The van der Waals surface area contributed by atoms with Crippen molar-refractivity contribution in [2.45, 2.75) is 134 Å². The molecule has 1 saturated heterocycles. The number of nitrogens with zero attached hydrogens (tertiary/aromatic N) is 2. The van der Waals surface area contributed by atoms with Crippen LogP contribution in [0.1, 0.15) is 83.0 Å². The molecule has 1 fully saturated rings. The predicted octanol–water partition coefficient (Wildman–Crippen LogP) is -1.71. The Morgan fingerprint density at radius 3 is 1.79 bits per heavy atom. The van der Waals surface area contributed by atoms with E-state index in [1.54, 1.807) is 74.8 Å². The standard InChI is InChI=1S/C57H77N15O13/c1-5-31(4)49(56(84)69-43(19-30(2)3)57(85)72-18-10-15-45(72)55(83)64-27-48(76)77)71-47(75)26-63-51(79)40(20-32-23-61-38-13-8-6-11-35(32)38)67-54(82)44(28-73)70-52(80)41(21-33-24-62-39-14-9-7-12-36(33)39)68-53(81)42(22-34-25-60-29-65-34)66-50(78)37(58)16-17-46(59)74/h6-9,11-14,23-25,29-31,37,40-45,49,61-62,73H,5,10,15-22,26-28,58H2,1-4H3,(H2,59,74)(H,60,65)(H,63,79)(H,64,83)(H,66,78)(H,67,82)(H,68,81)(H,69,84)(H,70,80)(H,71,75)(H,76,77). The van der Waals surface area contributed by atoms with E-state index in [9.17, 15) is 57.8 Å². The fourth-order valence-corrected chi connectivity index (χ4v) is 9.96. The maximum absolute atomic E-state index is 14.5. The molecule has 0 bridgehead atoms. The van der Waals surface area contributed by atoms with Gasteiger partial charge < -0.3 is 84.1 Å². The second kappa shape index (κ2) is 30.9. The SMILES string of the molecule is CCC(C)C(NC(=O)CNC(=O)C(Cc1c[nH]c2ccccc12)NC(=O)C(CO)NC(=O)C(Cc1c[nH]c2ccccc12)NC(=O)C(Cc1cnc[nH]1)NC(=O)C(N)CCC(N)=O)C(=O)NC(CC(C)C)C(=O)N1CCCC1C(=O)NCC(=O)O. The van der Waals surface area contributed by atoms with Gasteiger partial charge in [0, 0.05) is 78.3 Å². The molecule has 6 rings (SSSR count). The molecule has 4 heterocycles. The number of aliphatic hydroxyl groups excluding tert-OH is 1. The van der Waals surface area contributed by atoms with Gasteiger partial charge in [-0.3, -0.25) is 52.7 Å². The molecule has 9 unspecified atom stereocenters. The molecule has 0 saturated carbocycles. The van der Waals surface area contributed by atoms with Crippen molar-refractivity contribution in [2.75, 3.05) is 26.2 Å². The molecule has 28 nitrogen and oxygen atoms in total. The smallest absolute Gasteiger partial charge is 0.322 e. The first kappa shape index (κ1) is 65.0. The highest BCUT2D eigenvalue weighted by Crippen LogP contribution is 2.23. The summed E-state index contributed by atoms with van der Waals surface area (Å²) in [5, 5.41) is 41.9.